The van der Waals surface area contributed by atoms with Gasteiger partial charge in [0.25, 0.3) is 0 Å². The van der Waals surface area contributed by atoms with Gasteiger partial charge >= 0.3 is 0 Å². The second kappa shape index (κ2) is 6.66. The van der Waals surface area contributed by atoms with Crippen molar-refractivity contribution in [3.05, 3.63) is 71.8 Å². The molecule has 0 aliphatic carbocycles. The molecule has 0 aliphatic heterocycles. The van der Waals surface area contributed by atoms with Crippen LogP contribution in [-0.2, 0) is 5.41 Å². The van der Waals surface area contributed by atoms with Crippen LogP contribution in [0.15, 0.2) is 65.1 Å². The maximum absolute atomic E-state index is 6.64. The monoisotopic (exact) mass is 385 g/mol. The Morgan fingerprint density at radius 1 is 0.655 bits per heavy atom. The first-order valence-electron chi connectivity index (χ1n) is 10.4. The third-order valence-electron chi connectivity index (χ3n) is 5.58. The topological polar surface area (TPSA) is 16.4 Å². The molecule has 0 fully saturated rings. The van der Waals surface area contributed by atoms with Crippen molar-refractivity contribution in [2.75, 3.05) is 4.90 Å². The summed E-state index contributed by atoms with van der Waals surface area (Å²) >= 11 is 0. The van der Waals surface area contributed by atoms with E-state index in [1.54, 1.807) is 0 Å². The third-order valence-corrected chi connectivity index (χ3v) is 5.58. The SMILES string of the molecule is Cc1ccccc1N(c1cccc2c1oc1c(C(C)(C)C)cccc12)C(C)(C)C. The van der Waals surface area contributed by atoms with Crippen molar-refractivity contribution in [3.8, 4) is 0 Å². The molecule has 2 heteroatoms. The van der Waals surface area contributed by atoms with Crippen molar-refractivity contribution >= 4 is 33.3 Å². The summed E-state index contributed by atoms with van der Waals surface area (Å²) in [4.78, 5) is 2.41. The molecule has 2 nitrogen and oxygen atoms in total. The van der Waals surface area contributed by atoms with Crippen molar-refractivity contribution in [1.82, 2.24) is 0 Å². The van der Waals surface area contributed by atoms with Gasteiger partial charge in [-0.2, -0.15) is 0 Å². The standard InChI is InChI=1S/C27H31NO/c1-18-12-8-9-16-22(18)28(27(5,6)7)23-17-11-14-20-19-13-10-15-21(26(2,3)4)24(19)29-25(20)23/h8-17H,1-7H3. The lowest BCUT2D eigenvalue weighted by atomic mass is 9.86. The zero-order valence-electron chi connectivity index (χ0n) is 18.6. The Bertz CT molecular complexity index is 1180. The summed E-state index contributed by atoms with van der Waals surface area (Å²) in [5, 5.41) is 2.36. The first-order chi connectivity index (χ1) is 13.6. The highest BCUT2D eigenvalue weighted by atomic mass is 16.3. The second-order valence-electron chi connectivity index (χ2n) is 9.98. The van der Waals surface area contributed by atoms with Gasteiger partial charge in [0.1, 0.15) is 5.58 Å². The van der Waals surface area contributed by atoms with Crippen LogP contribution in [0, 0.1) is 6.92 Å². The van der Waals surface area contributed by atoms with E-state index >= 15 is 0 Å². The van der Waals surface area contributed by atoms with E-state index in [0.717, 1.165) is 16.9 Å². The molecule has 0 bridgehead atoms. The molecule has 1 heterocycles. The molecule has 0 saturated carbocycles. The van der Waals surface area contributed by atoms with Gasteiger partial charge in [-0.15, -0.1) is 0 Å². The predicted octanol–water partition coefficient (Wildman–Crippen LogP) is 8.13. The van der Waals surface area contributed by atoms with Gasteiger partial charge in [0, 0.05) is 27.6 Å². The van der Waals surface area contributed by atoms with Crippen LogP contribution < -0.4 is 4.90 Å². The van der Waals surface area contributed by atoms with Crippen molar-refractivity contribution in [2.45, 2.75) is 59.4 Å². The number of fused-ring (bicyclic) bond motifs is 3. The highest BCUT2D eigenvalue weighted by molar-refractivity contribution is 6.10. The van der Waals surface area contributed by atoms with Crippen molar-refractivity contribution in [3.63, 3.8) is 0 Å². The molecule has 4 aromatic rings. The normalized spacial score (nSPS) is 12.7. The van der Waals surface area contributed by atoms with Crippen LogP contribution in [-0.4, -0.2) is 5.54 Å². The smallest absolute Gasteiger partial charge is 0.159 e. The molecule has 0 N–H and O–H groups in total. The quantitative estimate of drug-likeness (QED) is 0.346. The van der Waals surface area contributed by atoms with E-state index in [9.17, 15) is 0 Å². The molecule has 0 unspecified atom stereocenters. The van der Waals surface area contributed by atoms with Gasteiger partial charge in [-0.05, 0) is 50.8 Å². The Balaban J connectivity index is 2.07. The summed E-state index contributed by atoms with van der Waals surface area (Å²) in [5.74, 6) is 0. The Morgan fingerprint density at radius 3 is 1.86 bits per heavy atom. The fraction of sp³-hybridized carbons (Fsp3) is 0.333. The first kappa shape index (κ1) is 19.6. The number of nitrogens with zero attached hydrogens (tertiary/aromatic N) is 1. The number of para-hydroxylation sites is 3. The zero-order valence-corrected chi connectivity index (χ0v) is 18.6. The van der Waals surface area contributed by atoms with Gasteiger partial charge in [-0.25, -0.2) is 0 Å². The first-order valence-corrected chi connectivity index (χ1v) is 10.4. The second-order valence-corrected chi connectivity index (χ2v) is 9.98. The number of furan rings is 1. The molecular formula is C27H31NO. The number of anilines is 2. The van der Waals surface area contributed by atoms with Crippen LogP contribution in [0.5, 0.6) is 0 Å². The van der Waals surface area contributed by atoms with Crippen LogP contribution in [0.25, 0.3) is 21.9 Å². The molecule has 1 aromatic heterocycles. The number of hydrogen-bond acceptors (Lipinski definition) is 2. The number of aryl methyl sites for hydroxylation is 1. The number of rotatable bonds is 2. The molecule has 4 rings (SSSR count). The van der Waals surface area contributed by atoms with Gasteiger partial charge in [0.2, 0.25) is 0 Å². The molecular weight excluding hydrogens is 354 g/mol. The van der Waals surface area contributed by atoms with Gasteiger partial charge in [0.05, 0.1) is 5.69 Å². The van der Waals surface area contributed by atoms with Crippen LogP contribution in [0.2, 0.25) is 0 Å². The Kier molecular flexibility index (Phi) is 4.49. The van der Waals surface area contributed by atoms with E-state index < -0.39 is 0 Å². The van der Waals surface area contributed by atoms with Crippen LogP contribution in [0.1, 0.15) is 52.7 Å². The minimum Gasteiger partial charge on any atom is -0.454 e. The lowest BCUT2D eigenvalue weighted by Crippen LogP contribution is -2.38. The fourth-order valence-electron chi connectivity index (χ4n) is 4.24. The molecule has 0 saturated heterocycles. The maximum atomic E-state index is 6.64. The van der Waals surface area contributed by atoms with E-state index in [0.29, 0.717) is 0 Å². The predicted molar refractivity (Wildman–Crippen MR) is 125 cm³/mol. The van der Waals surface area contributed by atoms with E-state index in [-0.39, 0.29) is 11.0 Å². The Hall–Kier alpha value is -2.74. The molecule has 29 heavy (non-hydrogen) atoms. The fourth-order valence-corrected chi connectivity index (χ4v) is 4.24. The van der Waals surface area contributed by atoms with E-state index in [2.05, 4.69) is 114 Å². The summed E-state index contributed by atoms with van der Waals surface area (Å²) in [6.07, 6.45) is 0. The number of hydrogen-bond donors (Lipinski definition) is 0. The minimum absolute atomic E-state index is 0.0211. The Labute approximate surface area is 174 Å². The highest BCUT2D eigenvalue weighted by Gasteiger charge is 2.28. The average Bonchev–Trinajstić information content (AvgIpc) is 3.01. The third kappa shape index (κ3) is 3.31. The van der Waals surface area contributed by atoms with Gasteiger partial charge < -0.3 is 9.32 Å². The molecule has 0 radical (unpaired) electrons. The molecule has 0 aliphatic rings. The van der Waals surface area contributed by atoms with Crippen molar-refractivity contribution in [2.24, 2.45) is 0 Å². The van der Waals surface area contributed by atoms with Gasteiger partial charge in [-0.3, -0.25) is 0 Å². The van der Waals surface area contributed by atoms with E-state index in [1.165, 1.54) is 27.6 Å². The maximum Gasteiger partial charge on any atom is 0.159 e. The van der Waals surface area contributed by atoms with E-state index in [4.69, 9.17) is 4.42 Å². The highest BCUT2D eigenvalue weighted by Crippen LogP contribution is 2.43. The summed E-state index contributed by atoms with van der Waals surface area (Å²) in [6.45, 7) is 15.6. The Morgan fingerprint density at radius 2 is 1.24 bits per heavy atom. The zero-order chi connectivity index (χ0) is 21.0. The summed E-state index contributed by atoms with van der Waals surface area (Å²) in [6, 6.07) is 21.6. The van der Waals surface area contributed by atoms with Crippen molar-refractivity contribution in [1.29, 1.82) is 0 Å². The van der Waals surface area contributed by atoms with E-state index in [1.807, 2.05) is 0 Å². The molecule has 0 amide bonds. The summed E-state index contributed by atoms with van der Waals surface area (Å²) in [5.41, 5.74) is 6.70. The van der Waals surface area contributed by atoms with Gasteiger partial charge in [-0.1, -0.05) is 69.3 Å². The van der Waals surface area contributed by atoms with Crippen LogP contribution in [0.4, 0.5) is 11.4 Å². The summed E-state index contributed by atoms with van der Waals surface area (Å²) in [7, 11) is 0. The molecule has 3 aromatic carbocycles. The van der Waals surface area contributed by atoms with Crippen molar-refractivity contribution < 1.29 is 4.42 Å². The molecule has 0 atom stereocenters. The lowest BCUT2D eigenvalue weighted by Gasteiger charge is -2.38. The summed E-state index contributed by atoms with van der Waals surface area (Å²) < 4.78 is 6.64. The van der Waals surface area contributed by atoms with Crippen LogP contribution >= 0.6 is 0 Å². The van der Waals surface area contributed by atoms with Crippen LogP contribution in [0.3, 0.4) is 0 Å². The minimum atomic E-state index is -0.105. The molecule has 150 valence electrons. The molecule has 0 spiro atoms. The van der Waals surface area contributed by atoms with Gasteiger partial charge in [0.15, 0.2) is 5.58 Å². The lowest BCUT2D eigenvalue weighted by molar-refractivity contribution is 0.552. The largest absolute Gasteiger partial charge is 0.454 e. The number of benzene rings is 3. The average molecular weight is 386 g/mol.